The van der Waals surface area contributed by atoms with Gasteiger partial charge in [0, 0.05) is 11.8 Å². The highest BCUT2D eigenvalue weighted by molar-refractivity contribution is 7.13. The maximum absolute atomic E-state index is 5.68. The van der Waals surface area contributed by atoms with Crippen LogP contribution in [0, 0.1) is 6.92 Å². The Hall–Kier alpha value is -1.42. The summed E-state index contributed by atoms with van der Waals surface area (Å²) in [5.74, 6) is 1.26. The molecule has 0 aliphatic rings. The molecule has 2 rings (SSSR count). The molecule has 0 aliphatic carbocycles. The fourth-order valence-electron chi connectivity index (χ4n) is 0.980. The lowest BCUT2D eigenvalue weighted by Gasteiger charge is -1.99. The molecule has 2 heterocycles. The van der Waals surface area contributed by atoms with Crippen LogP contribution in [0.5, 0.6) is 0 Å². The Balaban J connectivity index is 2.49. The van der Waals surface area contributed by atoms with Crippen LogP contribution in [-0.4, -0.2) is 9.97 Å². The molecule has 0 fully saturated rings. The molecule has 0 aliphatic heterocycles. The van der Waals surface area contributed by atoms with Gasteiger partial charge in [-0.3, -0.25) is 0 Å². The number of hydrogen-bond donors (Lipinski definition) is 1. The average Bonchev–Trinajstić information content (AvgIpc) is 2.62. The van der Waals surface area contributed by atoms with Crippen LogP contribution in [0.2, 0.25) is 0 Å². The summed E-state index contributed by atoms with van der Waals surface area (Å²) < 4.78 is 0. The number of thiophene rings is 1. The Morgan fingerprint density at radius 3 is 2.92 bits per heavy atom. The van der Waals surface area contributed by atoms with Crippen molar-refractivity contribution in [3.8, 4) is 10.7 Å². The normalized spacial score (nSPS) is 10.2. The lowest BCUT2D eigenvalue weighted by atomic mass is 10.3. The molecule has 4 heteroatoms. The van der Waals surface area contributed by atoms with Gasteiger partial charge in [0.15, 0.2) is 5.82 Å². The second kappa shape index (κ2) is 3.14. The Kier molecular flexibility index (Phi) is 1.98. The van der Waals surface area contributed by atoms with Gasteiger partial charge in [-0.15, -0.1) is 11.3 Å². The van der Waals surface area contributed by atoms with Crippen molar-refractivity contribution >= 4 is 17.2 Å². The quantitative estimate of drug-likeness (QED) is 0.751. The summed E-state index contributed by atoms with van der Waals surface area (Å²) in [6, 6.07) is 3.95. The monoisotopic (exact) mass is 191 g/mol. The number of aromatic nitrogens is 2. The molecule has 0 atom stereocenters. The fourth-order valence-corrected chi connectivity index (χ4v) is 1.64. The molecule has 2 aromatic heterocycles. The van der Waals surface area contributed by atoms with Crippen molar-refractivity contribution in [1.29, 1.82) is 0 Å². The molecule has 0 amide bonds. The van der Waals surface area contributed by atoms with Gasteiger partial charge >= 0.3 is 0 Å². The number of anilines is 1. The third-order valence-corrected chi connectivity index (χ3v) is 2.62. The number of aryl methyl sites for hydroxylation is 1. The van der Waals surface area contributed by atoms with Crippen LogP contribution in [0.1, 0.15) is 5.56 Å². The first-order chi connectivity index (χ1) is 6.27. The van der Waals surface area contributed by atoms with Gasteiger partial charge in [0.2, 0.25) is 0 Å². The van der Waals surface area contributed by atoms with Gasteiger partial charge in [0.1, 0.15) is 5.82 Å². The van der Waals surface area contributed by atoms with Gasteiger partial charge in [0.25, 0.3) is 0 Å². The molecule has 3 nitrogen and oxygen atoms in total. The molecular weight excluding hydrogens is 182 g/mol. The lowest BCUT2D eigenvalue weighted by molar-refractivity contribution is 1.16. The molecule has 0 aromatic carbocycles. The van der Waals surface area contributed by atoms with Crippen LogP contribution in [0.4, 0.5) is 5.82 Å². The van der Waals surface area contributed by atoms with Gasteiger partial charge < -0.3 is 5.73 Å². The zero-order valence-electron chi connectivity index (χ0n) is 7.19. The maximum Gasteiger partial charge on any atom is 0.171 e. The van der Waals surface area contributed by atoms with E-state index in [4.69, 9.17) is 5.73 Å². The van der Waals surface area contributed by atoms with Crippen LogP contribution in [0.25, 0.3) is 10.7 Å². The van der Waals surface area contributed by atoms with E-state index in [2.05, 4.69) is 9.97 Å². The van der Waals surface area contributed by atoms with Crippen molar-refractivity contribution in [3.63, 3.8) is 0 Å². The standard InChI is InChI=1S/C9H9N3S/c1-6-5-11-9(12-8(6)10)7-3-2-4-13-7/h2-5H,1H3,(H2,10,11,12). The number of nitrogen functional groups attached to an aromatic ring is 1. The van der Waals surface area contributed by atoms with E-state index >= 15 is 0 Å². The molecule has 0 saturated carbocycles. The summed E-state index contributed by atoms with van der Waals surface area (Å²) >= 11 is 1.61. The third-order valence-electron chi connectivity index (χ3n) is 1.75. The smallest absolute Gasteiger partial charge is 0.171 e. The zero-order chi connectivity index (χ0) is 9.26. The van der Waals surface area contributed by atoms with Crippen LogP contribution in [0.3, 0.4) is 0 Å². The van der Waals surface area contributed by atoms with Gasteiger partial charge in [-0.1, -0.05) is 6.07 Å². The Morgan fingerprint density at radius 2 is 2.31 bits per heavy atom. The van der Waals surface area contributed by atoms with Crippen LogP contribution in [-0.2, 0) is 0 Å². The highest BCUT2D eigenvalue weighted by atomic mass is 32.1. The van der Waals surface area contributed by atoms with Crippen LogP contribution < -0.4 is 5.73 Å². The van der Waals surface area contributed by atoms with E-state index < -0.39 is 0 Å². The van der Waals surface area contributed by atoms with Crippen molar-refractivity contribution in [3.05, 3.63) is 29.3 Å². The third kappa shape index (κ3) is 1.53. The first-order valence-electron chi connectivity index (χ1n) is 3.90. The van der Waals surface area contributed by atoms with Gasteiger partial charge in [-0.2, -0.15) is 0 Å². The maximum atomic E-state index is 5.68. The van der Waals surface area contributed by atoms with E-state index in [0.717, 1.165) is 10.4 Å². The first kappa shape index (κ1) is 8.19. The minimum Gasteiger partial charge on any atom is -0.383 e. The van der Waals surface area contributed by atoms with Crippen molar-refractivity contribution in [1.82, 2.24) is 9.97 Å². The predicted molar refractivity (Wildman–Crippen MR) is 54.5 cm³/mol. The van der Waals surface area contributed by atoms with Gasteiger partial charge in [-0.25, -0.2) is 9.97 Å². The average molecular weight is 191 g/mol. The second-order valence-electron chi connectivity index (χ2n) is 2.74. The molecule has 0 unspecified atom stereocenters. The van der Waals surface area contributed by atoms with Crippen molar-refractivity contribution in [2.45, 2.75) is 6.92 Å². The largest absolute Gasteiger partial charge is 0.383 e. The van der Waals surface area contributed by atoms with E-state index in [1.165, 1.54) is 0 Å². The zero-order valence-corrected chi connectivity index (χ0v) is 8.01. The molecular formula is C9H9N3S. The van der Waals surface area contributed by atoms with Gasteiger partial charge in [0.05, 0.1) is 4.88 Å². The Morgan fingerprint density at radius 1 is 1.46 bits per heavy atom. The van der Waals surface area contributed by atoms with Crippen LogP contribution >= 0.6 is 11.3 Å². The Bertz CT molecular complexity index is 409. The van der Waals surface area contributed by atoms with Crippen LogP contribution in [0.15, 0.2) is 23.7 Å². The summed E-state index contributed by atoms with van der Waals surface area (Å²) in [6.07, 6.45) is 1.75. The highest BCUT2D eigenvalue weighted by Gasteiger charge is 2.03. The summed E-state index contributed by atoms with van der Waals surface area (Å²) in [6.45, 7) is 1.90. The summed E-state index contributed by atoms with van der Waals surface area (Å²) in [5, 5.41) is 1.99. The van der Waals surface area contributed by atoms with E-state index in [-0.39, 0.29) is 0 Å². The minimum absolute atomic E-state index is 0.554. The number of nitrogens with zero attached hydrogens (tertiary/aromatic N) is 2. The second-order valence-corrected chi connectivity index (χ2v) is 3.69. The molecule has 2 aromatic rings. The van der Waals surface area contributed by atoms with Crippen molar-refractivity contribution in [2.75, 3.05) is 5.73 Å². The first-order valence-corrected chi connectivity index (χ1v) is 4.78. The molecule has 13 heavy (non-hydrogen) atoms. The summed E-state index contributed by atoms with van der Waals surface area (Å²) in [5.41, 5.74) is 6.60. The molecule has 0 radical (unpaired) electrons. The topological polar surface area (TPSA) is 51.8 Å². The molecule has 0 bridgehead atoms. The number of hydrogen-bond acceptors (Lipinski definition) is 4. The molecule has 66 valence electrons. The highest BCUT2D eigenvalue weighted by Crippen LogP contribution is 2.21. The van der Waals surface area contributed by atoms with Crippen molar-refractivity contribution in [2.24, 2.45) is 0 Å². The van der Waals surface area contributed by atoms with Gasteiger partial charge in [-0.05, 0) is 18.4 Å². The predicted octanol–water partition coefficient (Wildman–Crippen LogP) is 2.10. The van der Waals surface area contributed by atoms with E-state index in [9.17, 15) is 0 Å². The summed E-state index contributed by atoms with van der Waals surface area (Å²) in [7, 11) is 0. The molecule has 2 N–H and O–H groups in total. The van der Waals surface area contributed by atoms with Crippen molar-refractivity contribution < 1.29 is 0 Å². The Labute approximate surface area is 80.3 Å². The molecule has 0 spiro atoms. The molecule has 0 saturated heterocycles. The number of rotatable bonds is 1. The van der Waals surface area contributed by atoms with E-state index in [0.29, 0.717) is 11.6 Å². The number of nitrogens with two attached hydrogens (primary N) is 1. The SMILES string of the molecule is Cc1cnc(-c2cccs2)nc1N. The lowest BCUT2D eigenvalue weighted by Crippen LogP contribution is -1.97. The van der Waals surface area contributed by atoms with E-state index in [1.54, 1.807) is 17.5 Å². The fraction of sp³-hybridized carbons (Fsp3) is 0.111. The minimum atomic E-state index is 0.554. The van der Waals surface area contributed by atoms with E-state index in [1.807, 2.05) is 24.4 Å². The summed E-state index contributed by atoms with van der Waals surface area (Å²) in [4.78, 5) is 9.44.